The molecule has 0 amide bonds. The number of hydrogen-bond acceptors (Lipinski definition) is 4. The molecule has 1 N–H and O–H groups in total. The highest BCUT2D eigenvalue weighted by molar-refractivity contribution is 5.41. The molecular formula is C15H18N2O2. The van der Waals surface area contributed by atoms with E-state index in [9.17, 15) is 0 Å². The standard InChI is InChI=1S/C15H18N2O2/c1-10(2)13-6-4-11(3)8-14(13)19-15-7-5-12(9-18)16-17-15/h4-8,10,18H,9H2,1-3H3. The molecule has 0 unspecified atom stereocenters. The Bertz CT molecular complexity index is 551. The predicted octanol–water partition coefficient (Wildman–Crippen LogP) is 3.19. The summed E-state index contributed by atoms with van der Waals surface area (Å²) in [5.74, 6) is 1.62. The Balaban J connectivity index is 2.28. The Hall–Kier alpha value is -1.94. The van der Waals surface area contributed by atoms with Crippen molar-refractivity contribution in [1.82, 2.24) is 10.2 Å². The van der Waals surface area contributed by atoms with E-state index in [1.165, 1.54) is 0 Å². The van der Waals surface area contributed by atoms with Crippen molar-refractivity contribution < 1.29 is 9.84 Å². The summed E-state index contributed by atoms with van der Waals surface area (Å²) in [6.07, 6.45) is 0. The summed E-state index contributed by atoms with van der Waals surface area (Å²) < 4.78 is 5.80. The lowest BCUT2D eigenvalue weighted by Gasteiger charge is -2.13. The maximum atomic E-state index is 8.93. The van der Waals surface area contributed by atoms with Gasteiger partial charge in [0.15, 0.2) is 0 Å². The molecule has 0 saturated carbocycles. The molecular weight excluding hydrogens is 240 g/mol. The van der Waals surface area contributed by atoms with Gasteiger partial charge in [-0.3, -0.25) is 0 Å². The van der Waals surface area contributed by atoms with E-state index in [1.54, 1.807) is 12.1 Å². The molecule has 100 valence electrons. The molecule has 4 nitrogen and oxygen atoms in total. The van der Waals surface area contributed by atoms with Gasteiger partial charge in [-0.05, 0) is 36.1 Å². The minimum absolute atomic E-state index is 0.116. The number of hydrogen-bond donors (Lipinski definition) is 1. The topological polar surface area (TPSA) is 55.2 Å². The van der Waals surface area contributed by atoms with Gasteiger partial charge in [0.25, 0.3) is 0 Å². The Kier molecular flexibility index (Phi) is 4.12. The summed E-state index contributed by atoms with van der Waals surface area (Å²) in [6, 6.07) is 9.56. The molecule has 0 saturated heterocycles. The van der Waals surface area contributed by atoms with Gasteiger partial charge in [-0.25, -0.2) is 0 Å². The number of aliphatic hydroxyl groups is 1. The lowest BCUT2D eigenvalue weighted by molar-refractivity contribution is 0.274. The molecule has 19 heavy (non-hydrogen) atoms. The zero-order valence-corrected chi connectivity index (χ0v) is 11.4. The highest BCUT2D eigenvalue weighted by Crippen LogP contribution is 2.30. The first-order chi connectivity index (χ1) is 9.10. The van der Waals surface area contributed by atoms with E-state index in [0.717, 1.165) is 16.9 Å². The lowest BCUT2D eigenvalue weighted by Crippen LogP contribution is -1.98. The molecule has 1 heterocycles. The highest BCUT2D eigenvalue weighted by Gasteiger charge is 2.10. The first-order valence-electron chi connectivity index (χ1n) is 6.32. The summed E-state index contributed by atoms with van der Waals surface area (Å²) >= 11 is 0. The summed E-state index contributed by atoms with van der Waals surface area (Å²) in [5.41, 5.74) is 2.80. The van der Waals surface area contributed by atoms with Crippen LogP contribution in [0, 0.1) is 6.92 Å². The highest BCUT2D eigenvalue weighted by atomic mass is 16.5. The first kappa shape index (κ1) is 13.5. The third kappa shape index (κ3) is 3.29. The maximum Gasteiger partial charge on any atom is 0.238 e. The van der Waals surface area contributed by atoms with Crippen LogP contribution in [-0.2, 0) is 6.61 Å². The fraction of sp³-hybridized carbons (Fsp3) is 0.333. The number of aromatic nitrogens is 2. The van der Waals surface area contributed by atoms with Gasteiger partial charge in [0.05, 0.1) is 12.3 Å². The Morgan fingerprint density at radius 1 is 1.16 bits per heavy atom. The van der Waals surface area contributed by atoms with Crippen molar-refractivity contribution in [1.29, 1.82) is 0 Å². The third-order valence-electron chi connectivity index (χ3n) is 2.86. The molecule has 1 aromatic carbocycles. The molecule has 1 aromatic heterocycles. The normalized spacial score (nSPS) is 10.8. The van der Waals surface area contributed by atoms with Crippen molar-refractivity contribution in [3.05, 3.63) is 47.2 Å². The van der Waals surface area contributed by atoms with E-state index in [1.807, 2.05) is 13.0 Å². The van der Waals surface area contributed by atoms with Gasteiger partial charge in [0, 0.05) is 6.07 Å². The lowest BCUT2D eigenvalue weighted by atomic mass is 10.0. The van der Waals surface area contributed by atoms with Gasteiger partial charge < -0.3 is 9.84 Å². The molecule has 2 aromatic rings. The van der Waals surface area contributed by atoms with Crippen LogP contribution in [0.25, 0.3) is 0 Å². The van der Waals surface area contributed by atoms with Crippen LogP contribution in [0.2, 0.25) is 0 Å². The van der Waals surface area contributed by atoms with E-state index in [-0.39, 0.29) is 6.61 Å². The van der Waals surface area contributed by atoms with Crippen LogP contribution < -0.4 is 4.74 Å². The van der Waals surface area contributed by atoms with Gasteiger partial charge in [0.2, 0.25) is 5.88 Å². The number of nitrogens with zero attached hydrogens (tertiary/aromatic N) is 2. The molecule has 0 radical (unpaired) electrons. The minimum atomic E-state index is -0.116. The summed E-state index contributed by atoms with van der Waals surface area (Å²) in [4.78, 5) is 0. The van der Waals surface area contributed by atoms with E-state index in [2.05, 4.69) is 36.2 Å². The van der Waals surface area contributed by atoms with Crippen molar-refractivity contribution in [2.24, 2.45) is 0 Å². The largest absolute Gasteiger partial charge is 0.437 e. The van der Waals surface area contributed by atoms with Crippen molar-refractivity contribution in [3.63, 3.8) is 0 Å². The molecule has 0 aliphatic heterocycles. The average molecular weight is 258 g/mol. The molecule has 0 atom stereocenters. The van der Waals surface area contributed by atoms with Crippen LogP contribution in [-0.4, -0.2) is 15.3 Å². The predicted molar refractivity (Wildman–Crippen MR) is 73.3 cm³/mol. The quantitative estimate of drug-likeness (QED) is 0.915. The van der Waals surface area contributed by atoms with Crippen molar-refractivity contribution in [2.45, 2.75) is 33.3 Å². The molecule has 0 fully saturated rings. The van der Waals surface area contributed by atoms with Crippen LogP contribution in [0.5, 0.6) is 11.6 Å². The van der Waals surface area contributed by atoms with Gasteiger partial charge in [-0.2, -0.15) is 0 Å². The summed E-state index contributed by atoms with van der Waals surface area (Å²) in [7, 11) is 0. The zero-order chi connectivity index (χ0) is 13.8. The molecule has 0 bridgehead atoms. The molecule has 2 rings (SSSR count). The van der Waals surface area contributed by atoms with Crippen molar-refractivity contribution >= 4 is 0 Å². The second-order valence-electron chi connectivity index (χ2n) is 4.82. The number of aliphatic hydroxyl groups excluding tert-OH is 1. The monoisotopic (exact) mass is 258 g/mol. The van der Waals surface area contributed by atoms with Crippen LogP contribution in [0.1, 0.15) is 36.6 Å². The number of benzene rings is 1. The van der Waals surface area contributed by atoms with Crippen LogP contribution >= 0.6 is 0 Å². The summed E-state index contributed by atoms with van der Waals surface area (Å²) in [6.45, 7) is 6.16. The second-order valence-corrected chi connectivity index (χ2v) is 4.82. The van der Waals surface area contributed by atoms with Crippen LogP contribution in [0.3, 0.4) is 0 Å². The SMILES string of the molecule is Cc1ccc(C(C)C)c(Oc2ccc(CO)nn2)c1. The minimum Gasteiger partial charge on any atom is -0.437 e. The van der Waals surface area contributed by atoms with Gasteiger partial charge in [-0.15, -0.1) is 10.2 Å². The Labute approximate surface area is 113 Å². The van der Waals surface area contributed by atoms with E-state index >= 15 is 0 Å². The number of ether oxygens (including phenoxy) is 1. The van der Waals surface area contributed by atoms with E-state index < -0.39 is 0 Å². The van der Waals surface area contributed by atoms with Crippen molar-refractivity contribution in [3.8, 4) is 11.6 Å². The van der Waals surface area contributed by atoms with Gasteiger partial charge in [0.1, 0.15) is 5.75 Å². The molecule has 4 heteroatoms. The Morgan fingerprint density at radius 2 is 1.95 bits per heavy atom. The zero-order valence-electron chi connectivity index (χ0n) is 11.4. The van der Waals surface area contributed by atoms with Crippen LogP contribution in [0.4, 0.5) is 0 Å². The maximum absolute atomic E-state index is 8.93. The van der Waals surface area contributed by atoms with Gasteiger partial charge >= 0.3 is 0 Å². The first-order valence-corrected chi connectivity index (χ1v) is 6.32. The van der Waals surface area contributed by atoms with Gasteiger partial charge in [-0.1, -0.05) is 26.0 Å². The number of rotatable bonds is 4. The average Bonchev–Trinajstić information content (AvgIpc) is 2.39. The number of aryl methyl sites for hydroxylation is 1. The molecule has 0 spiro atoms. The van der Waals surface area contributed by atoms with E-state index in [4.69, 9.17) is 9.84 Å². The van der Waals surface area contributed by atoms with E-state index in [0.29, 0.717) is 17.5 Å². The summed E-state index contributed by atoms with van der Waals surface area (Å²) in [5, 5.41) is 16.7. The third-order valence-corrected chi connectivity index (χ3v) is 2.86. The molecule has 0 aliphatic carbocycles. The fourth-order valence-electron chi connectivity index (χ4n) is 1.81. The fourth-order valence-corrected chi connectivity index (χ4v) is 1.81. The Morgan fingerprint density at radius 3 is 2.53 bits per heavy atom. The van der Waals surface area contributed by atoms with Crippen LogP contribution in [0.15, 0.2) is 30.3 Å². The van der Waals surface area contributed by atoms with Crippen molar-refractivity contribution in [2.75, 3.05) is 0 Å². The second kappa shape index (κ2) is 5.80. The molecule has 0 aliphatic rings. The smallest absolute Gasteiger partial charge is 0.238 e.